The molecular formula is C13H22N2O3. The van der Waals surface area contributed by atoms with Crippen LogP contribution in [0.5, 0.6) is 0 Å². The molecule has 4 atom stereocenters. The molecule has 0 aromatic carbocycles. The van der Waals surface area contributed by atoms with Crippen molar-refractivity contribution in [3.05, 3.63) is 0 Å². The molecule has 3 N–H and O–H groups in total. The first-order valence-corrected chi connectivity index (χ1v) is 7.02. The van der Waals surface area contributed by atoms with Gasteiger partial charge in [0.2, 0.25) is 5.91 Å². The number of β-amino-alcohol motifs (C(OH)–C–C–N with tert-alkyl or cyclic N) is 2. The maximum Gasteiger partial charge on any atom is 0.223 e. The monoisotopic (exact) mass is 254 g/mol. The summed E-state index contributed by atoms with van der Waals surface area (Å²) in [6, 6.07) is 1.22. The molecule has 0 aromatic rings. The zero-order valence-corrected chi connectivity index (χ0v) is 10.6. The lowest BCUT2D eigenvalue weighted by Crippen LogP contribution is -2.40. The van der Waals surface area contributed by atoms with Crippen molar-refractivity contribution in [3.63, 3.8) is 0 Å². The van der Waals surface area contributed by atoms with Crippen molar-refractivity contribution >= 4 is 5.91 Å². The van der Waals surface area contributed by atoms with E-state index in [9.17, 15) is 15.0 Å². The van der Waals surface area contributed by atoms with Crippen molar-refractivity contribution in [1.29, 1.82) is 0 Å². The maximum atomic E-state index is 12.1. The number of hydrogen-bond donors (Lipinski definition) is 3. The molecule has 0 radical (unpaired) electrons. The van der Waals surface area contributed by atoms with Crippen LogP contribution in [0.15, 0.2) is 0 Å². The molecule has 102 valence electrons. The minimum Gasteiger partial charge on any atom is -0.388 e. The summed E-state index contributed by atoms with van der Waals surface area (Å²) < 4.78 is 0. The highest BCUT2D eigenvalue weighted by Crippen LogP contribution is 2.33. The van der Waals surface area contributed by atoms with Crippen LogP contribution in [0.25, 0.3) is 0 Å². The zero-order chi connectivity index (χ0) is 12.7. The minimum atomic E-state index is -0.766. The average molecular weight is 254 g/mol. The molecule has 18 heavy (non-hydrogen) atoms. The Morgan fingerprint density at radius 1 is 1.11 bits per heavy atom. The van der Waals surface area contributed by atoms with E-state index in [1.165, 1.54) is 12.8 Å². The highest BCUT2D eigenvalue weighted by Gasteiger charge is 2.37. The summed E-state index contributed by atoms with van der Waals surface area (Å²) >= 11 is 0. The van der Waals surface area contributed by atoms with Crippen LogP contribution < -0.4 is 5.32 Å². The molecule has 0 aliphatic carbocycles. The maximum absolute atomic E-state index is 12.1. The van der Waals surface area contributed by atoms with Gasteiger partial charge in [-0.25, -0.2) is 0 Å². The van der Waals surface area contributed by atoms with Gasteiger partial charge in [-0.15, -0.1) is 0 Å². The van der Waals surface area contributed by atoms with Crippen LogP contribution in [0.4, 0.5) is 0 Å². The van der Waals surface area contributed by atoms with Crippen LogP contribution in [-0.4, -0.2) is 58.4 Å². The van der Waals surface area contributed by atoms with Gasteiger partial charge in [-0.3, -0.25) is 4.79 Å². The standard InChI is InChI=1S/C13H22N2O3/c16-11-6-15(7-12(11)17)13(18)5-8-3-9-1-2-10(4-8)14-9/h8-12,14,16-17H,1-7H2/t8?,9?,10?,11-,12+. The van der Waals surface area contributed by atoms with Gasteiger partial charge >= 0.3 is 0 Å². The number of carbonyl (C=O) groups excluding carboxylic acids is 1. The second kappa shape index (κ2) is 4.79. The number of amides is 1. The Morgan fingerprint density at radius 2 is 1.67 bits per heavy atom. The van der Waals surface area contributed by atoms with Gasteiger partial charge in [-0.1, -0.05) is 0 Å². The Morgan fingerprint density at radius 3 is 2.22 bits per heavy atom. The van der Waals surface area contributed by atoms with Gasteiger partial charge in [0.1, 0.15) is 0 Å². The lowest BCUT2D eigenvalue weighted by Gasteiger charge is -2.29. The van der Waals surface area contributed by atoms with Crippen molar-refractivity contribution in [2.45, 2.75) is 56.4 Å². The number of fused-ring (bicyclic) bond motifs is 2. The number of hydrogen-bond acceptors (Lipinski definition) is 4. The average Bonchev–Trinajstić information content (AvgIpc) is 2.83. The van der Waals surface area contributed by atoms with E-state index < -0.39 is 12.2 Å². The lowest BCUT2D eigenvalue weighted by molar-refractivity contribution is -0.132. The van der Waals surface area contributed by atoms with Crippen molar-refractivity contribution < 1.29 is 15.0 Å². The number of likely N-dealkylation sites (tertiary alicyclic amines) is 1. The molecule has 3 fully saturated rings. The first kappa shape index (κ1) is 12.4. The van der Waals surface area contributed by atoms with Gasteiger partial charge in [-0.05, 0) is 31.6 Å². The minimum absolute atomic E-state index is 0.0944. The first-order chi connectivity index (χ1) is 8.61. The van der Waals surface area contributed by atoms with Crippen LogP contribution in [0.3, 0.4) is 0 Å². The third-order valence-electron chi connectivity index (χ3n) is 4.65. The molecule has 2 unspecified atom stereocenters. The first-order valence-electron chi connectivity index (χ1n) is 7.02. The number of rotatable bonds is 2. The molecule has 5 heteroatoms. The molecule has 3 rings (SSSR count). The normalized spacial score (nSPS) is 43.4. The van der Waals surface area contributed by atoms with Crippen molar-refractivity contribution in [1.82, 2.24) is 10.2 Å². The molecule has 3 aliphatic rings. The van der Waals surface area contributed by atoms with Gasteiger partial charge < -0.3 is 20.4 Å². The van der Waals surface area contributed by atoms with E-state index >= 15 is 0 Å². The molecule has 3 heterocycles. The van der Waals surface area contributed by atoms with Gasteiger partial charge in [0.25, 0.3) is 0 Å². The number of carbonyl (C=O) groups is 1. The van der Waals surface area contributed by atoms with Crippen LogP contribution >= 0.6 is 0 Å². The number of nitrogens with zero attached hydrogens (tertiary/aromatic N) is 1. The SMILES string of the molecule is O=C(CC1CC2CCC(C1)N2)N1C[C@@H](O)[C@@H](O)C1. The summed E-state index contributed by atoms with van der Waals surface area (Å²) in [6.07, 6.45) is 3.74. The molecule has 1 amide bonds. The van der Waals surface area contributed by atoms with Crippen LogP contribution in [-0.2, 0) is 4.79 Å². The molecule has 2 bridgehead atoms. The zero-order valence-electron chi connectivity index (χ0n) is 10.6. The smallest absolute Gasteiger partial charge is 0.223 e. The number of aliphatic hydroxyl groups is 2. The van der Waals surface area contributed by atoms with Crippen molar-refractivity contribution in [2.24, 2.45) is 5.92 Å². The fourth-order valence-electron chi connectivity index (χ4n) is 3.69. The van der Waals surface area contributed by atoms with E-state index in [2.05, 4.69) is 5.32 Å². The van der Waals surface area contributed by atoms with Crippen LogP contribution in [0, 0.1) is 5.92 Å². The summed E-state index contributed by atoms with van der Waals surface area (Å²) in [7, 11) is 0. The third kappa shape index (κ3) is 2.39. The Hall–Kier alpha value is -0.650. The second-order valence-corrected chi connectivity index (χ2v) is 6.11. The molecule has 3 aliphatic heterocycles. The van der Waals surface area contributed by atoms with E-state index in [0.29, 0.717) is 24.4 Å². The predicted molar refractivity (Wildman–Crippen MR) is 65.9 cm³/mol. The number of aliphatic hydroxyl groups excluding tert-OH is 2. The fraction of sp³-hybridized carbons (Fsp3) is 0.923. The van der Waals surface area contributed by atoms with E-state index in [1.807, 2.05) is 0 Å². The second-order valence-electron chi connectivity index (χ2n) is 6.11. The van der Waals surface area contributed by atoms with Gasteiger partial charge in [0.15, 0.2) is 0 Å². The Labute approximate surface area is 107 Å². The topological polar surface area (TPSA) is 72.8 Å². The Balaban J connectivity index is 1.52. The van der Waals surface area contributed by atoms with E-state index in [-0.39, 0.29) is 19.0 Å². The van der Waals surface area contributed by atoms with Gasteiger partial charge in [0, 0.05) is 31.6 Å². The van der Waals surface area contributed by atoms with E-state index in [4.69, 9.17) is 0 Å². The fourth-order valence-corrected chi connectivity index (χ4v) is 3.69. The van der Waals surface area contributed by atoms with Gasteiger partial charge in [0.05, 0.1) is 12.2 Å². The Kier molecular flexibility index (Phi) is 3.30. The summed E-state index contributed by atoms with van der Waals surface area (Å²) in [6.45, 7) is 0.579. The van der Waals surface area contributed by atoms with Gasteiger partial charge in [-0.2, -0.15) is 0 Å². The van der Waals surface area contributed by atoms with Crippen LogP contribution in [0.1, 0.15) is 32.1 Å². The highest BCUT2D eigenvalue weighted by atomic mass is 16.3. The molecule has 3 saturated heterocycles. The van der Waals surface area contributed by atoms with Crippen LogP contribution in [0.2, 0.25) is 0 Å². The summed E-state index contributed by atoms with van der Waals surface area (Å²) in [4.78, 5) is 13.7. The molecule has 5 nitrogen and oxygen atoms in total. The number of nitrogens with one attached hydrogen (secondary N) is 1. The molecule has 0 saturated carbocycles. The largest absolute Gasteiger partial charge is 0.388 e. The van der Waals surface area contributed by atoms with E-state index in [0.717, 1.165) is 12.8 Å². The molecule has 0 aromatic heterocycles. The summed E-state index contributed by atoms with van der Waals surface area (Å²) in [5.41, 5.74) is 0. The molecule has 0 spiro atoms. The lowest BCUT2D eigenvalue weighted by atomic mass is 9.89. The summed E-state index contributed by atoms with van der Waals surface area (Å²) in [5, 5.41) is 22.5. The Bertz CT molecular complexity index is 314. The predicted octanol–water partition coefficient (Wildman–Crippen LogP) is -0.529. The molecular weight excluding hydrogens is 232 g/mol. The summed E-state index contributed by atoms with van der Waals surface area (Å²) in [5.74, 6) is 0.572. The highest BCUT2D eigenvalue weighted by molar-refractivity contribution is 5.77. The van der Waals surface area contributed by atoms with Crippen molar-refractivity contribution in [3.8, 4) is 0 Å². The third-order valence-corrected chi connectivity index (χ3v) is 4.65. The quantitative estimate of drug-likeness (QED) is 0.619. The van der Waals surface area contributed by atoms with Crippen molar-refractivity contribution in [2.75, 3.05) is 13.1 Å². The number of piperidine rings is 1. The van der Waals surface area contributed by atoms with E-state index in [1.54, 1.807) is 4.90 Å².